The van der Waals surface area contributed by atoms with Gasteiger partial charge in [0.1, 0.15) is 47.7 Å². The molecule has 0 aliphatic heterocycles. The van der Waals surface area contributed by atoms with Gasteiger partial charge < -0.3 is 64.5 Å². The number of rotatable bonds is 25. The molecule has 21 nitrogen and oxygen atoms in total. The maximum Gasteiger partial charge on any atom is 0.335 e. The maximum atomic E-state index is 10.9. The predicted molar refractivity (Wildman–Crippen MR) is 306 cm³/mol. The second-order valence-corrected chi connectivity index (χ2v) is 17.7. The molecule has 0 spiro atoms. The Morgan fingerprint density at radius 2 is 0.447 bits per heavy atom. The first-order chi connectivity index (χ1) is 40.7. The van der Waals surface area contributed by atoms with Crippen LogP contribution in [0.15, 0.2) is 194 Å². The zero-order valence-corrected chi connectivity index (χ0v) is 45.0. The van der Waals surface area contributed by atoms with Gasteiger partial charge in [-0.05, 0) is 170 Å². The molecule has 438 valence electrons. The van der Waals surface area contributed by atoms with Crippen molar-refractivity contribution in [3.05, 3.63) is 250 Å². The van der Waals surface area contributed by atoms with Crippen molar-refractivity contribution in [3.8, 4) is 34.5 Å². The van der Waals surface area contributed by atoms with Gasteiger partial charge in [-0.1, -0.05) is 60.7 Å². The third-order valence-electron chi connectivity index (χ3n) is 11.5. The van der Waals surface area contributed by atoms with Gasteiger partial charge in [0.25, 0.3) is 0 Å². The Labute approximate surface area is 485 Å². The van der Waals surface area contributed by atoms with Crippen LogP contribution in [0.4, 0.5) is 0 Å². The van der Waals surface area contributed by atoms with E-state index in [4.69, 9.17) is 64.5 Å². The van der Waals surface area contributed by atoms with E-state index in [2.05, 4.69) is 0 Å². The van der Waals surface area contributed by atoms with Gasteiger partial charge in [0.05, 0.1) is 57.7 Å². The van der Waals surface area contributed by atoms with Crippen molar-refractivity contribution >= 4 is 47.8 Å². The molecular formula is C64H56O21. The highest BCUT2D eigenvalue weighted by Crippen LogP contribution is 2.24. The van der Waals surface area contributed by atoms with E-state index in [1.165, 1.54) is 72.8 Å². The number of hydrogen-bond donors (Lipinski definition) is 8. The Balaban J connectivity index is 0.000000208. The molecule has 21 heteroatoms. The molecule has 0 unspecified atom stereocenters. The van der Waals surface area contributed by atoms with E-state index in [0.29, 0.717) is 60.6 Å². The summed E-state index contributed by atoms with van der Waals surface area (Å²) in [7, 11) is 0. The topological polar surface area (TPSA) is 345 Å². The number of aryl methyl sites for hydroxylation is 2. The number of carboxylic acids is 8. The molecular weight excluding hydrogens is 1100 g/mol. The highest BCUT2D eigenvalue weighted by Gasteiger charge is 2.11. The van der Waals surface area contributed by atoms with Crippen molar-refractivity contribution in [2.24, 2.45) is 0 Å². The lowest BCUT2D eigenvalue weighted by molar-refractivity contribution is 0.0685. The smallest absolute Gasteiger partial charge is 0.335 e. The fraction of sp³-hybridized carbons (Fsp3) is 0.125. The fourth-order valence-corrected chi connectivity index (χ4v) is 7.31. The lowest BCUT2D eigenvalue weighted by Gasteiger charge is -2.09. The minimum atomic E-state index is -1.05. The quantitative estimate of drug-likeness (QED) is 0.0246. The molecule has 8 aromatic rings. The van der Waals surface area contributed by atoms with Gasteiger partial charge in [-0.2, -0.15) is 0 Å². The molecule has 0 amide bonds. The van der Waals surface area contributed by atoms with Gasteiger partial charge in [0.2, 0.25) is 0 Å². The number of ether oxygens (including phenoxy) is 5. The van der Waals surface area contributed by atoms with Crippen molar-refractivity contribution < 1.29 is 103 Å². The molecule has 8 rings (SSSR count). The van der Waals surface area contributed by atoms with Gasteiger partial charge >= 0.3 is 47.8 Å². The summed E-state index contributed by atoms with van der Waals surface area (Å²) in [6.07, 6.45) is 2.81. The maximum absolute atomic E-state index is 10.9. The van der Waals surface area contributed by atoms with Crippen LogP contribution in [0.3, 0.4) is 0 Å². The molecule has 0 bridgehead atoms. The van der Waals surface area contributed by atoms with E-state index in [9.17, 15) is 38.4 Å². The van der Waals surface area contributed by atoms with E-state index >= 15 is 0 Å². The standard InChI is InChI=1S/C18H18O6.C16H14O6.C16H14O4.C14H10O5/c19-17(20)13-5-3-7-15(11-13)23-9-1-2-10-24-16-8-4-6-14(12-16)18(21)22;17-15(18)11-3-1-5-13(9-11)21-7-8-22-14-6-2-4-12(10-14)16(19)20;17-15(18)13-5-1-3-11(9-13)7-8-12-4-2-6-14(10-12)16(19)20;15-13(16)9-3-1-5-11(7-9)19-12-6-2-4-10(8-12)14(17)18/h3-8,11-12H,1-2,9-10H2,(H,19,20)(H,21,22);1-6,9-10H,7-8H2,(H,17,18)(H,19,20);1-6,9-10H,7-8H2,(H,17,18)(H,19,20);1-8H,(H,15,16)(H,17,18). The summed E-state index contributed by atoms with van der Waals surface area (Å²) in [6.45, 7) is 1.31. The minimum absolute atomic E-state index is 0.104. The van der Waals surface area contributed by atoms with Crippen LogP contribution in [0.2, 0.25) is 0 Å². The Morgan fingerprint density at radius 1 is 0.247 bits per heavy atom. The molecule has 0 radical (unpaired) electrons. The van der Waals surface area contributed by atoms with Gasteiger partial charge in [-0.3, -0.25) is 0 Å². The van der Waals surface area contributed by atoms with Crippen LogP contribution >= 0.6 is 0 Å². The Kier molecular flexibility index (Phi) is 25.2. The lowest BCUT2D eigenvalue weighted by atomic mass is 10.0. The molecule has 8 aromatic carbocycles. The van der Waals surface area contributed by atoms with Crippen LogP contribution in [0, 0.1) is 0 Å². The third kappa shape index (κ3) is 22.9. The predicted octanol–water partition coefficient (Wildman–Crippen LogP) is 11.6. The summed E-state index contributed by atoms with van der Waals surface area (Å²) in [5.41, 5.74) is 3.25. The van der Waals surface area contributed by atoms with Gasteiger partial charge in [0.15, 0.2) is 0 Å². The zero-order valence-electron chi connectivity index (χ0n) is 45.0. The molecule has 0 saturated heterocycles. The van der Waals surface area contributed by atoms with Crippen molar-refractivity contribution in [1.29, 1.82) is 0 Å². The molecule has 8 N–H and O–H groups in total. The van der Waals surface area contributed by atoms with E-state index in [0.717, 1.165) is 24.0 Å². The van der Waals surface area contributed by atoms with E-state index in [-0.39, 0.29) is 57.7 Å². The molecule has 0 aliphatic rings. The van der Waals surface area contributed by atoms with Gasteiger partial charge in [0, 0.05) is 0 Å². The van der Waals surface area contributed by atoms with Crippen LogP contribution in [-0.4, -0.2) is 115 Å². The summed E-state index contributed by atoms with van der Waals surface area (Å²) in [4.78, 5) is 86.8. The third-order valence-corrected chi connectivity index (χ3v) is 11.5. The van der Waals surface area contributed by atoms with E-state index in [1.54, 1.807) is 109 Å². The number of aromatic carboxylic acids is 8. The average molecular weight is 1160 g/mol. The monoisotopic (exact) mass is 1160 g/mol. The zero-order chi connectivity index (χ0) is 61.7. The Bertz CT molecular complexity index is 3380. The summed E-state index contributed by atoms with van der Waals surface area (Å²) in [6, 6.07) is 50.5. The largest absolute Gasteiger partial charge is 0.494 e. The first kappa shape index (κ1) is 64.3. The molecule has 0 heterocycles. The second-order valence-electron chi connectivity index (χ2n) is 17.7. The first-order valence-corrected chi connectivity index (χ1v) is 25.6. The van der Waals surface area contributed by atoms with Gasteiger partial charge in [-0.15, -0.1) is 0 Å². The normalized spacial score (nSPS) is 10.1. The number of hydrogen-bond acceptors (Lipinski definition) is 13. The minimum Gasteiger partial charge on any atom is -0.494 e. The van der Waals surface area contributed by atoms with E-state index < -0.39 is 47.8 Å². The van der Waals surface area contributed by atoms with Gasteiger partial charge in [-0.25, -0.2) is 38.4 Å². The van der Waals surface area contributed by atoms with Crippen molar-refractivity contribution in [2.45, 2.75) is 25.7 Å². The number of unbranched alkanes of at least 4 members (excludes halogenated alkanes) is 1. The fourth-order valence-electron chi connectivity index (χ4n) is 7.31. The molecule has 0 aliphatic carbocycles. The Hall–Kier alpha value is -11.5. The van der Waals surface area contributed by atoms with E-state index in [1.807, 2.05) is 12.1 Å². The van der Waals surface area contributed by atoms with Crippen LogP contribution < -0.4 is 23.7 Å². The summed E-state index contributed by atoms with van der Waals surface area (Å²) >= 11 is 0. The first-order valence-electron chi connectivity index (χ1n) is 25.6. The van der Waals surface area contributed by atoms with Crippen LogP contribution in [0.25, 0.3) is 0 Å². The van der Waals surface area contributed by atoms with Crippen LogP contribution in [0.1, 0.15) is 107 Å². The SMILES string of the molecule is O=C(O)c1cccc(CCc2cccc(C(=O)O)c2)c1.O=C(O)c1cccc(OCCCCOc2cccc(C(=O)O)c2)c1.O=C(O)c1cccc(OCCOc2cccc(C(=O)O)c2)c1.O=C(O)c1cccc(Oc2cccc(C(=O)O)c2)c1. The Morgan fingerprint density at radius 3 is 0.694 bits per heavy atom. The highest BCUT2D eigenvalue weighted by molar-refractivity contribution is 5.91. The highest BCUT2D eigenvalue weighted by atomic mass is 16.5. The average Bonchev–Trinajstić information content (AvgIpc) is 3.63. The molecule has 85 heavy (non-hydrogen) atoms. The van der Waals surface area contributed by atoms with Crippen LogP contribution in [0.5, 0.6) is 34.5 Å². The molecule has 0 atom stereocenters. The number of carbonyl (C=O) groups is 8. The summed E-state index contributed by atoms with van der Waals surface area (Å²) in [5, 5.41) is 71.1. The molecule has 0 aromatic heterocycles. The van der Waals surface area contributed by atoms with Crippen LogP contribution in [-0.2, 0) is 12.8 Å². The number of carboxylic acid groups (broad SMARTS) is 8. The van der Waals surface area contributed by atoms with Crippen molar-refractivity contribution in [3.63, 3.8) is 0 Å². The molecule has 0 saturated carbocycles. The summed E-state index contributed by atoms with van der Waals surface area (Å²) in [5.74, 6) is -5.44. The van der Waals surface area contributed by atoms with Crippen molar-refractivity contribution in [1.82, 2.24) is 0 Å². The van der Waals surface area contributed by atoms with Crippen molar-refractivity contribution in [2.75, 3.05) is 26.4 Å². The second kappa shape index (κ2) is 33.3. The number of benzene rings is 8. The summed E-state index contributed by atoms with van der Waals surface area (Å²) < 4.78 is 27.2. The lowest BCUT2D eigenvalue weighted by Crippen LogP contribution is -2.09. The molecule has 0 fully saturated rings.